The lowest BCUT2D eigenvalue weighted by atomic mass is 10.1. The van der Waals surface area contributed by atoms with Crippen molar-refractivity contribution < 1.29 is 32.6 Å². The van der Waals surface area contributed by atoms with Crippen molar-refractivity contribution in [3.05, 3.63) is 29.8 Å². The number of carboxylic acid groups (broad SMARTS) is 1. The summed E-state index contributed by atoms with van der Waals surface area (Å²) in [6.45, 7) is 1.47. The van der Waals surface area contributed by atoms with Crippen LogP contribution in [0.5, 0.6) is 5.75 Å². The van der Waals surface area contributed by atoms with E-state index in [4.69, 9.17) is 5.11 Å². The zero-order chi connectivity index (χ0) is 17.9. The number of alkyl halides is 3. The second kappa shape index (κ2) is 7.11. The van der Waals surface area contributed by atoms with Crippen LogP contribution in [0.15, 0.2) is 24.3 Å². The summed E-state index contributed by atoms with van der Waals surface area (Å²) in [6, 6.07) is 4.38. The lowest BCUT2D eigenvalue weighted by Crippen LogP contribution is -2.44. The van der Waals surface area contributed by atoms with Gasteiger partial charge in [0.25, 0.3) is 0 Å². The number of ether oxygens (including phenoxy) is 1. The number of amides is 1. The fourth-order valence-corrected chi connectivity index (χ4v) is 2.45. The monoisotopic (exact) mass is 345 g/mol. The molecule has 2 rings (SSSR count). The summed E-state index contributed by atoms with van der Waals surface area (Å²) in [7, 11) is 0. The van der Waals surface area contributed by atoms with Gasteiger partial charge in [-0.3, -0.25) is 4.79 Å². The van der Waals surface area contributed by atoms with Crippen molar-refractivity contribution in [1.82, 2.24) is 4.90 Å². The van der Waals surface area contributed by atoms with Gasteiger partial charge in [0.2, 0.25) is 5.91 Å². The van der Waals surface area contributed by atoms with Gasteiger partial charge in [0, 0.05) is 12.5 Å². The molecule has 1 aliphatic rings. The van der Waals surface area contributed by atoms with Gasteiger partial charge in [0.1, 0.15) is 11.8 Å². The average Bonchev–Trinajstić information content (AvgIpc) is 3.29. The Kier molecular flexibility index (Phi) is 5.36. The number of rotatable bonds is 7. The maximum Gasteiger partial charge on any atom is 0.573 e. The van der Waals surface area contributed by atoms with Crippen LogP contribution < -0.4 is 4.74 Å². The Labute approximate surface area is 137 Å². The molecule has 1 N–H and O–H groups in total. The molecule has 0 aliphatic heterocycles. The highest BCUT2D eigenvalue weighted by molar-refractivity contribution is 5.84. The van der Waals surface area contributed by atoms with Crippen molar-refractivity contribution in [2.45, 2.75) is 51.1 Å². The minimum Gasteiger partial charge on any atom is -0.480 e. The normalized spacial score (nSPS) is 15.7. The molecule has 1 aliphatic carbocycles. The number of halogens is 3. The summed E-state index contributed by atoms with van der Waals surface area (Å²) in [5.74, 6) is -1.64. The first-order chi connectivity index (χ1) is 11.2. The molecule has 0 saturated heterocycles. The molecule has 0 aromatic heterocycles. The first kappa shape index (κ1) is 18.1. The molecule has 1 aromatic rings. The van der Waals surface area contributed by atoms with Gasteiger partial charge >= 0.3 is 12.3 Å². The van der Waals surface area contributed by atoms with E-state index >= 15 is 0 Å². The Morgan fingerprint density at radius 1 is 1.29 bits per heavy atom. The van der Waals surface area contributed by atoms with Crippen molar-refractivity contribution in [3.63, 3.8) is 0 Å². The summed E-state index contributed by atoms with van der Waals surface area (Å²) < 4.78 is 40.0. The van der Waals surface area contributed by atoms with Gasteiger partial charge in [0.05, 0.1) is 0 Å². The highest BCUT2D eigenvalue weighted by Crippen LogP contribution is 2.30. The maximum atomic E-state index is 12.3. The second-order valence-electron chi connectivity index (χ2n) is 5.74. The van der Waals surface area contributed by atoms with Gasteiger partial charge < -0.3 is 14.7 Å². The number of nitrogens with zero attached hydrogens (tertiary/aromatic N) is 1. The van der Waals surface area contributed by atoms with Crippen LogP contribution in [0.2, 0.25) is 0 Å². The van der Waals surface area contributed by atoms with Gasteiger partial charge in [-0.15, -0.1) is 13.2 Å². The summed E-state index contributed by atoms with van der Waals surface area (Å²) >= 11 is 0. The molecular formula is C16H18F3NO4. The largest absolute Gasteiger partial charge is 0.573 e. The van der Waals surface area contributed by atoms with E-state index in [1.807, 2.05) is 0 Å². The highest BCUT2D eigenvalue weighted by Gasteiger charge is 2.38. The molecule has 1 fully saturated rings. The van der Waals surface area contributed by atoms with E-state index in [0.717, 1.165) is 12.8 Å². The predicted molar refractivity (Wildman–Crippen MR) is 78.4 cm³/mol. The third kappa shape index (κ3) is 5.14. The van der Waals surface area contributed by atoms with Gasteiger partial charge in [-0.2, -0.15) is 0 Å². The van der Waals surface area contributed by atoms with Crippen LogP contribution in [0.3, 0.4) is 0 Å². The first-order valence-corrected chi connectivity index (χ1v) is 7.56. The average molecular weight is 345 g/mol. The molecule has 1 aromatic carbocycles. The number of hydrogen-bond donors (Lipinski definition) is 1. The minimum atomic E-state index is -4.74. The van der Waals surface area contributed by atoms with Crippen LogP contribution >= 0.6 is 0 Å². The van der Waals surface area contributed by atoms with Gasteiger partial charge in [-0.05, 0) is 43.9 Å². The van der Waals surface area contributed by atoms with E-state index in [2.05, 4.69) is 4.74 Å². The molecule has 8 heteroatoms. The van der Waals surface area contributed by atoms with Crippen LogP contribution in [0, 0.1) is 0 Å². The summed E-state index contributed by atoms with van der Waals surface area (Å²) in [5, 5.41) is 9.09. The number of aliphatic carboxylic acids is 1. The fourth-order valence-electron chi connectivity index (χ4n) is 2.45. The maximum absolute atomic E-state index is 12.3. The molecule has 1 unspecified atom stereocenters. The first-order valence-electron chi connectivity index (χ1n) is 7.56. The van der Waals surface area contributed by atoms with Crippen molar-refractivity contribution in [3.8, 4) is 5.75 Å². The van der Waals surface area contributed by atoms with Crippen LogP contribution in [-0.2, 0) is 16.0 Å². The number of carbonyl (C=O) groups excluding carboxylic acids is 1. The van der Waals surface area contributed by atoms with Crippen molar-refractivity contribution >= 4 is 11.9 Å². The number of benzene rings is 1. The Balaban J connectivity index is 1.92. The number of hydrogen-bond acceptors (Lipinski definition) is 3. The zero-order valence-electron chi connectivity index (χ0n) is 13.0. The van der Waals surface area contributed by atoms with Crippen molar-refractivity contribution in [1.29, 1.82) is 0 Å². The Morgan fingerprint density at radius 3 is 2.33 bits per heavy atom. The molecule has 1 saturated carbocycles. The van der Waals surface area contributed by atoms with E-state index in [1.54, 1.807) is 0 Å². The smallest absolute Gasteiger partial charge is 0.480 e. The SMILES string of the molecule is CC(C(=O)O)N(C(=O)CCc1ccc(OC(F)(F)F)cc1)C1CC1. The molecular weight excluding hydrogens is 327 g/mol. The molecule has 0 spiro atoms. The Morgan fingerprint density at radius 2 is 1.88 bits per heavy atom. The van der Waals surface area contributed by atoms with Crippen LogP contribution in [0.1, 0.15) is 31.7 Å². The van der Waals surface area contributed by atoms with E-state index in [0.29, 0.717) is 12.0 Å². The highest BCUT2D eigenvalue weighted by atomic mass is 19.4. The standard InChI is InChI=1S/C16H18F3NO4/c1-10(15(22)23)20(12-5-6-12)14(21)9-4-11-2-7-13(8-3-11)24-16(17,18)19/h2-3,7-8,10,12H,4-6,9H2,1H3,(H,22,23). The number of aryl methyl sites for hydroxylation is 1. The molecule has 24 heavy (non-hydrogen) atoms. The van der Waals surface area contributed by atoms with E-state index < -0.39 is 18.4 Å². The van der Waals surface area contributed by atoms with Crippen LogP contribution in [0.4, 0.5) is 13.2 Å². The van der Waals surface area contributed by atoms with Gasteiger partial charge in [-0.1, -0.05) is 12.1 Å². The lowest BCUT2D eigenvalue weighted by Gasteiger charge is -2.26. The Hall–Kier alpha value is -2.25. The molecule has 5 nitrogen and oxygen atoms in total. The summed E-state index contributed by atoms with van der Waals surface area (Å²) in [4.78, 5) is 24.8. The van der Waals surface area contributed by atoms with Crippen LogP contribution in [-0.4, -0.2) is 40.3 Å². The lowest BCUT2D eigenvalue weighted by molar-refractivity contribution is -0.274. The summed E-state index contributed by atoms with van der Waals surface area (Å²) in [6.07, 6.45) is -2.72. The van der Waals surface area contributed by atoms with Crippen molar-refractivity contribution in [2.24, 2.45) is 0 Å². The molecule has 132 valence electrons. The molecule has 0 bridgehead atoms. The topological polar surface area (TPSA) is 66.8 Å². The third-order valence-electron chi connectivity index (χ3n) is 3.79. The fraction of sp³-hybridized carbons (Fsp3) is 0.500. The third-order valence-corrected chi connectivity index (χ3v) is 3.79. The quantitative estimate of drug-likeness (QED) is 0.825. The molecule has 1 atom stereocenters. The van der Waals surface area contributed by atoms with Gasteiger partial charge in [-0.25, -0.2) is 4.79 Å². The second-order valence-corrected chi connectivity index (χ2v) is 5.74. The van der Waals surface area contributed by atoms with Gasteiger partial charge in [0.15, 0.2) is 0 Å². The zero-order valence-corrected chi connectivity index (χ0v) is 13.0. The molecule has 0 radical (unpaired) electrons. The molecule has 1 amide bonds. The number of carbonyl (C=O) groups is 2. The Bertz CT molecular complexity index is 596. The molecule has 0 heterocycles. The number of carboxylic acids is 1. The van der Waals surface area contributed by atoms with Crippen molar-refractivity contribution in [2.75, 3.05) is 0 Å². The van der Waals surface area contributed by atoms with E-state index in [9.17, 15) is 22.8 Å². The summed E-state index contributed by atoms with van der Waals surface area (Å²) in [5.41, 5.74) is 0.677. The van der Waals surface area contributed by atoms with Crippen LogP contribution in [0.25, 0.3) is 0 Å². The predicted octanol–water partition coefficient (Wildman–Crippen LogP) is 2.98. The minimum absolute atomic E-state index is 0.0221. The van der Waals surface area contributed by atoms with E-state index in [-0.39, 0.29) is 24.1 Å². The van der Waals surface area contributed by atoms with E-state index in [1.165, 1.54) is 36.1 Å².